The highest BCUT2D eigenvalue weighted by atomic mass is 19.3. The molecule has 17 heavy (non-hydrogen) atoms. The lowest BCUT2D eigenvalue weighted by atomic mass is 10.1. The number of nitrogens with zero attached hydrogens (tertiary/aromatic N) is 3. The van der Waals surface area contributed by atoms with Crippen LogP contribution in [0.2, 0.25) is 0 Å². The third-order valence-corrected chi connectivity index (χ3v) is 3.59. The number of hydrogen-bond acceptors (Lipinski definition) is 3. The molecule has 2 rings (SSSR count). The van der Waals surface area contributed by atoms with Gasteiger partial charge in [-0.25, -0.2) is 8.78 Å². The molecule has 98 valence electrons. The van der Waals surface area contributed by atoms with Crippen molar-refractivity contribution in [1.29, 1.82) is 0 Å². The quantitative estimate of drug-likeness (QED) is 0.692. The minimum Gasteiger partial charge on any atom is -0.339 e. The van der Waals surface area contributed by atoms with Gasteiger partial charge in [0.2, 0.25) is 5.91 Å². The minimum atomic E-state index is -2.60. The Labute approximate surface area is 100 Å². The van der Waals surface area contributed by atoms with Crippen LogP contribution in [0.1, 0.15) is 6.92 Å². The number of rotatable bonds is 2. The largest absolute Gasteiger partial charge is 0.339 e. The van der Waals surface area contributed by atoms with Crippen molar-refractivity contribution in [3.05, 3.63) is 0 Å². The molecule has 0 radical (unpaired) electrons. The van der Waals surface area contributed by atoms with Gasteiger partial charge in [0.05, 0.1) is 19.1 Å². The lowest BCUT2D eigenvalue weighted by molar-refractivity contribution is -0.163. The van der Waals surface area contributed by atoms with Crippen LogP contribution in [0.5, 0.6) is 0 Å². The molecule has 2 saturated heterocycles. The molecule has 1 amide bonds. The van der Waals surface area contributed by atoms with Gasteiger partial charge in [0, 0.05) is 26.2 Å². The van der Waals surface area contributed by atoms with Gasteiger partial charge in [-0.15, -0.1) is 0 Å². The lowest BCUT2D eigenvalue weighted by Crippen LogP contribution is -2.63. The second-order valence-electron chi connectivity index (χ2n) is 5.07. The van der Waals surface area contributed by atoms with Crippen LogP contribution in [0.25, 0.3) is 0 Å². The van der Waals surface area contributed by atoms with Crippen LogP contribution >= 0.6 is 0 Å². The van der Waals surface area contributed by atoms with Gasteiger partial charge in [0.25, 0.3) is 5.92 Å². The van der Waals surface area contributed by atoms with Gasteiger partial charge in [0.1, 0.15) is 0 Å². The van der Waals surface area contributed by atoms with Crippen LogP contribution in [-0.2, 0) is 4.79 Å². The van der Waals surface area contributed by atoms with Gasteiger partial charge in [-0.2, -0.15) is 0 Å². The highest BCUT2D eigenvalue weighted by molar-refractivity contribution is 5.81. The summed E-state index contributed by atoms with van der Waals surface area (Å²) in [6, 6.07) is -0.418. The Bertz CT molecular complexity index is 295. The number of halogens is 2. The van der Waals surface area contributed by atoms with Crippen molar-refractivity contribution < 1.29 is 13.6 Å². The number of carbonyl (C=O) groups is 1. The smallest absolute Gasteiger partial charge is 0.272 e. The first kappa shape index (κ1) is 12.7. The van der Waals surface area contributed by atoms with Gasteiger partial charge in [-0.05, 0) is 14.0 Å². The van der Waals surface area contributed by atoms with E-state index in [0.717, 1.165) is 13.1 Å². The molecule has 2 fully saturated rings. The lowest BCUT2D eigenvalue weighted by Gasteiger charge is -2.44. The van der Waals surface area contributed by atoms with Crippen LogP contribution in [0.15, 0.2) is 0 Å². The van der Waals surface area contributed by atoms with E-state index in [9.17, 15) is 13.6 Å². The summed E-state index contributed by atoms with van der Waals surface area (Å²) in [5.41, 5.74) is 0. The zero-order valence-electron chi connectivity index (χ0n) is 10.3. The molecule has 0 saturated carbocycles. The molecule has 0 unspecified atom stereocenters. The fourth-order valence-electron chi connectivity index (χ4n) is 2.27. The van der Waals surface area contributed by atoms with Crippen molar-refractivity contribution in [3.63, 3.8) is 0 Å². The maximum Gasteiger partial charge on any atom is 0.272 e. The summed E-state index contributed by atoms with van der Waals surface area (Å²) in [4.78, 5) is 17.6. The third kappa shape index (κ3) is 2.74. The number of piperazine rings is 1. The van der Waals surface area contributed by atoms with E-state index in [4.69, 9.17) is 0 Å². The number of likely N-dealkylation sites (tertiary alicyclic amines) is 1. The average Bonchev–Trinajstić information content (AvgIpc) is 2.25. The second kappa shape index (κ2) is 4.49. The molecule has 0 aliphatic carbocycles. The zero-order chi connectivity index (χ0) is 12.6. The monoisotopic (exact) mass is 247 g/mol. The summed E-state index contributed by atoms with van der Waals surface area (Å²) in [5.74, 6) is -2.62. The highest BCUT2D eigenvalue weighted by Crippen LogP contribution is 2.28. The Morgan fingerprint density at radius 1 is 1.18 bits per heavy atom. The molecule has 1 atom stereocenters. The standard InChI is InChI=1S/C11H19F2N3O/c1-9(16-7-11(12,13)8-16)10(17)15-5-3-14(2)4-6-15/h9H,3-8H2,1-2H3/t9-/m1/s1. The first-order chi connectivity index (χ1) is 7.89. The Hall–Kier alpha value is -0.750. The summed E-state index contributed by atoms with van der Waals surface area (Å²) in [6.07, 6.45) is 0. The Morgan fingerprint density at radius 2 is 1.71 bits per heavy atom. The zero-order valence-corrected chi connectivity index (χ0v) is 10.3. The Morgan fingerprint density at radius 3 is 2.18 bits per heavy atom. The van der Waals surface area contributed by atoms with E-state index < -0.39 is 12.0 Å². The fraction of sp³-hybridized carbons (Fsp3) is 0.909. The van der Waals surface area contributed by atoms with Gasteiger partial charge in [-0.1, -0.05) is 0 Å². The maximum absolute atomic E-state index is 12.7. The number of alkyl halides is 2. The van der Waals surface area contributed by atoms with Crippen molar-refractivity contribution in [2.75, 3.05) is 46.3 Å². The molecule has 0 aromatic carbocycles. The molecule has 6 heteroatoms. The van der Waals surface area contributed by atoms with Crippen LogP contribution < -0.4 is 0 Å². The molecule has 0 N–H and O–H groups in total. The Balaban J connectivity index is 1.84. The van der Waals surface area contributed by atoms with Gasteiger partial charge in [-0.3, -0.25) is 9.69 Å². The second-order valence-corrected chi connectivity index (χ2v) is 5.07. The summed E-state index contributed by atoms with van der Waals surface area (Å²) in [6.45, 7) is 4.26. The summed E-state index contributed by atoms with van der Waals surface area (Å²) >= 11 is 0. The van der Waals surface area contributed by atoms with E-state index in [2.05, 4.69) is 4.90 Å². The van der Waals surface area contributed by atoms with Crippen molar-refractivity contribution in [1.82, 2.24) is 14.7 Å². The predicted molar refractivity (Wildman–Crippen MR) is 60.1 cm³/mol. The van der Waals surface area contributed by atoms with Gasteiger partial charge < -0.3 is 9.80 Å². The molecular weight excluding hydrogens is 228 g/mol. The predicted octanol–water partition coefficient (Wildman–Crippen LogP) is 0.0998. The van der Waals surface area contributed by atoms with Gasteiger partial charge in [0.15, 0.2) is 0 Å². The van der Waals surface area contributed by atoms with E-state index >= 15 is 0 Å². The van der Waals surface area contributed by atoms with E-state index in [1.54, 1.807) is 16.7 Å². The molecule has 2 heterocycles. The number of carbonyl (C=O) groups excluding carboxylic acids is 1. The van der Waals surface area contributed by atoms with E-state index in [1.807, 2.05) is 7.05 Å². The topological polar surface area (TPSA) is 26.8 Å². The first-order valence-electron chi connectivity index (χ1n) is 5.98. The van der Waals surface area contributed by atoms with Gasteiger partial charge >= 0.3 is 0 Å². The van der Waals surface area contributed by atoms with Crippen LogP contribution in [-0.4, -0.2) is 78.9 Å². The molecular formula is C11H19F2N3O. The summed E-state index contributed by atoms with van der Waals surface area (Å²) in [5, 5.41) is 0. The number of hydrogen-bond donors (Lipinski definition) is 0. The number of likely N-dealkylation sites (N-methyl/N-ethyl adjacent to an activating group) is 1. The van der Waals surface area contributed by atoms with Crippen molar-refractivity contribution >= 4 is 5.91 Å². The van der Waals surface area contributed by atoms with Crippen molar-refractivity contribution in [2.24, 2.45) is 0 Å². The normalized spacial score (nSPS) is 27.6. The van der Waals surface area contributed by atoms with E-state index in [-0.39, 0.29) is 19.0 Å². The molecule has 2 aliphatic rings. The molecule has 0 bridgehead atoms. The van der Waals surface area contributed by atoms with E-state index in [1.165, 1.54) is 0 Å². The van der Waals surface area contributed by atoms with Crippen molar-refractivity contribution in [3.8, 4) is 0 Å². The minimum absolute atomic E-state index is 0.0198. The number of amides is 1. The van der Waals surface area contributed by atoms with Crippen LogP contribution in [0.4, 0.5) is 8.78 Å². The van der Waals surface area contributed by atoms with E-state index in [0.29, 0.717) is 13.1 Å². The molecule has 0 aromatic heterocycles. The highest BCUT2D eigenvalue weighted by Gasteiger charge is 2.47. The average molecular weight is 247 g/mol. The van der Waals surface area contributed by atoms with Crippen LogP contribution in [0.3, 0.4) is 0 Å². The molecule has 0 aromatic rings. The summed E-state index contributed by atoms with van der Waals surface area (Å²) < 4.78 is 25.5. The fourth-order valence-corrected chi connectivity index (χ4v) is 2.27. The molecule has 0 spiro atoms. The third-order valence-electron chi connectivity index (χ3n) is 3.59. The Kier molecular flexibility index (Phi) is 3.36. The maximum atomic E-state index is 12.7. The van der Waals surface area contributed by atoms with Crippen LogP contribution in [0, 0.1) is 0 Å². The van der Waals surface area contributed by atoms with Crippen molar-refractivity contribution in [2.45, 2.75) is 18.9 Å². The molecule has 4 nitrogen and oxygen atoms in total. The SMILES string of the molecule is C[C@H](C(=O)N1CCN(C)CC1)N1CC(F)(F)C1. The molecule has 2 aliphatic heterocycles. The summed E-state index contributed by atoms with van der Waals surface area (Å²) in [7, 11) is 2.02. The first-order valence-corrected chi connectivity index (χ1v) is 5.98.